The fourth-order valence-corrected chi connectivity index (χ4v) is 2.55. The summed E-state index contributed by atoms with van der Waals surface area (Å²) in [6.07, 6.45) is 1.57. The third-order valence-corrected chi connectivity index (χ3v) is 2.79. The molecule has 1 rings (SSSR count). The van der Waals surface area contributed by atoms with Crippen LogP contribution in [0.1, 0.15) is 41.0 Å². The Kier molecular flexibility index (Phi) is 3.59. The van der Waals surface area contributed by atoms with Gasteiger partial charge in [0, 0.05) is 13.1 Å². The van der Waals surface area contributed by atoms with Crippen LogP contribution in [0.15, 0.2) is 0 Å². The van der Waals surface area contributed by atoms with Crippen molar-refractivity contribution in [2.45, 2.75) is 47.1 Å². The van der Waals surface area contributed by atoms with Gasteiger partial charge < -0.3 is 10.1 Å². The van der Waals surface area contributed by atoms with E-state index in [1.807, 2.05) is 0 Å². The molecule has 2 nitrogen and oxygen atoms in total. The molecule has 0 saturated carbocycles. The summed E-state index contributed by atoms with van der Waals surface area (Å²) in [5.41, 5.74) is 0.649. The minimum Gasteiger partial charge on any atom is -0.375 e. The van der Waals surface area contributed by atoms with E-state index in [0.717, 1.165) is 19.7 Å². The molecule has 1 fully saturated rings. The molecule has 1 aliphatic rings. The van der Waals surface area contributed by atoms with Crippen molar-refractivity contribution in [2.75, 3.05) is 19.7 Å². The van der Waals surface area contributed by atoms with Gasteiger partial charge >= 0.3 is 0 Å². The van der Waals surface area contributed by atoms with Crippen molar-refractivity contribution in [1.29, 1.82) is 0 Å². The van der Waals surface area contributed by atoms with Crippen LogP contribution in [-0.2, 0) is 4.74 Å². The lowest BCUT2D eigenvalue weighted by molar-refractivity contribution is -0.0576. The first-order valence-electron chi connectivity index (χ1n) is 5.64. The monoisotopic (exact) mass is 199 g/mol. The molecule has 14 heavy (non-hydrogen) atoms. The molecule has 1 saturated heterocycles. The van der Waals surface area contributed by atoms with Crippen molar-refractivity contribution in [2.24, 2.45) is 10.8 Å². The summed E-state index contributed by atoms with van der Waals surface area (Å²) >= 11 is 0. The smallest absolute Gasteiger partial charge is 0.0751 e. The summed E-state index contributed by atoms with van der Waals surface area (Å²) in [6, 6.07) is 0. The number of rotatable bonds is 2. The van der Waals surface area contributed by atoms with Crippen LogP contribution in [0.25, 0.3) is 0 Å². The maximum absolute atomic E-state index is 5.83. The van der Waals surface area contributed by atoms with Gasteiger partial charge in [-0.05, 0) is 17.3 Å². The highest BCUT2D eigenvalue weighted by Gasteiger charge is 2.35. The van der Waals surface area contributed by atoms with Crippen molar-refractivity contribution < 1.29 is 4.74 Å². The summed E-state index contributed by atoms with van der Waals surface area (Å²) in [5, 5.41) is 3.40. The Morgan fingerprint density at radius 1 is 1.21 bits per heavy atom. The van der Waals surface area contributed by atoms with E-state index in [0.29, 0.717) is 11.5 Å². The predicted molar refractivity (Wildman–Crippen MR) is 60.5 cm³/mol. The molecule has 0 aliphatic carbocycles. The molecule has 0 spiro atoms. The Morgan fingerprint density at radius 3 is 2.29 bits per heavy atom. The highest BCUT2D eigenvalue weighted by atomic mass is 16.5. The minimum atomic E-state index is 0.270. The van der Waals surface area contributed by atoms with E-state index in [9.17, 15) is 0 Å². The minimum absolute atomic E-state index is 0.270. The Hall–Kier alpha value is -0.0800. The molecular formula is C12H25NO. The molecule has 0 aromatic heterocycles. The molecule has 0 aromatic carbocycles. The highest BCUT2D eigenvalue weighted by molar-refractivity contribution is 4.86. The quantitative estimate of drug-likeness (QED) is 0.737. The molecule has 0 amide bonds. The fourth-order valence-electron chi connectivity index (χ4n) is 2.55. The molecule has 0 aromatic rings. The van der Waals surface area contributed by atoms with Gasteiger partial charge in [-0.2, -0.15) is 0 Å². The van der Waals surface area contributed by atoms with E-state index in [1.165, 1.54) is 6.42 Å². The van der Waals surface area contributed by atoms with E-state index in [4.69, 9.17) is 4.74 Å². The number of morpholine rings is 1. The summed E-state index contributed by atoms with van der Waals surface area (Å²) in [6.45, 7) is 14.4. The van der Waals surface area contributed by atoms with Gasteiger partial charge in [-0.1, -0.05) is 34.6 Å². The molecule has 1 aliphatic heterocycles. The first-order chi connectivity index (χ1) is 6.31. The Morgan fingerprint density at radius 2 is 1.86 bits per heavy atom. The van der Waals surface area contributed by atoms with Gasteiger partial charge in [-0.25, -0.2) is 0 Å². The summed E-state index contributed by atoms with van der Waals surface area (Å²) in [4.78, 5) is 0. The zero-order chi connectivity index (χ0) is 10.8. The van der Waals surface area contributed by atoms with Crippen molar-refractivity contribution >= 4 is 0 Å². The van der Waals surface area contributed by atoms with Crippen LogP contribution in [-0.4, -0.2) is 25.8 Å². The molecule has 1 N–H and O–H groups in total. The normalized spacial score (nSPS) is 25.1. The summed E-state index contributed by atoms with van der Waals surface area (Å²) < 4.78 is 5.83. The molecule has 1 atom stereocenters. The van der Waals surface area contributed by atoms with Gasteiger partial charge in [0.1, 0.15) is 0 Å². The molecule has 2 heteroatoms. The third kappa shape index (κ3) is 3.58. The Bertz CT molecular complexity index is 175. The van der Waals surface area contributed by atoms with E-state index >= 15 is 0 Å². The number of hydrogen-bond donors (Lipinski definition) is 1. The first kappa shape index (κ1) is 12.0. The average molecular weight is 199 g/mol. The van der Waals surface area contributed by atoms with Gasteiger partial charge in [0.2, 0.25) is 0 Å². The number of nitrogens with one attached hydrogen (secondary N) is 1. The lowest BCUT2D eigenvalue weighted by Gasteiger charge is -2.40. The summed E-state index contributed by atoms with van der Waals surface area (Å²) in [5.74, 6) is 0. The molecule has 1 heterocycles. The maximum Gasteiger partial charge on any atom is 0.0751 e. The van der Waals surface area contributed by atoms with Crippen molar-refractivity contribution in [3.05, 3.63) is 0 Å². The zero-order valence-electron chi connectivity index (χ0n) is 10.3. The van der Waals surface area contributed by atoms with Crippen LogP contribution in [0.2, 0.25) is 0 Å². The zero-order valence-corrected chi connectivity index (χ0v) is 10.3. The Labute approximate surface area is 88.4 Å². The van der Waals surface area contributed by atoms with Crippen LogP contribution < -0.4 is 5.32 Å². The van der Waals surface area contributed by atoms with Gasteiger partial charge in [0.05, 0.1) is 12.7 Å². The van der Waals surface area contributed by atoms with Gasteiger partial charge in [0.25, 0.3) is 0 Å². The van der Waals surface area contributed by atoms with E-state index in [2.05, 4.69) is 39.9 Å². The van der Waals surface area contributed by atoms with E-state index in [-0.39, 0.29) is 5.41 Å². The van der Waals surface area contributed by atoms with Crippen molar-refractivity contribution in [3.8, 4) is 0 Å². The van der Waals surface area contributed by atoms with Crippen molar-refractivity contribution in [1.82, 2.24) is 5.32 Å². The lowest BCUT2D eigenvalue weighted by atomic mass is 9.72. The Balaban J connectivity index is 2.54. The molecule has 1 unspecified atom stereocenters. The van der Waals surface area contributed by atoms with E-state index < -0.39 is 0 Å². The van der Waals surface area contributed by atoms with Crippen LogP contribution in [0, 0.1) is 10.8 Å². The van der Waals surface area contributed by atoms with Crippen molar-refractivity contribution in [3.63, 3.8) is 0 Å². The second-order valence-corrected chi connectivity index (χ2v) is 6.29. The van der Waals surface area contributed by atoms with Crippen LogP contribution in [0.5, 0.6) is 0 Å². The van der Waals surface area contributed by atoms with E-state index in [1.54, 1.807) is 0 Å². The second kappa shape index (κ2) is 4.19. The van der Waals surface area contributed by atoms with Gasteiger partial charge in [-0.15, -0.1) is 0 Å². The largest absolute Gasteiger partial charge is 0.375 e. The first-order valence-corrected chi connectivity index (χ1v) is 5.64. The van der Waals surface area contributed by atoms with Gasteiger partial charge in [-0.3, -0.25) is 0 Å². The molecule has 84 valence electrons. The molecule has 0 radical (unpaired) electrons. The lowest BCUT2D eigenvalue weighted by Crippen LogP contribution is -2.47. The maximum atomic E-state index is 5.83. The standard InChI is InChI=1S/C12H25NO/c1-11(2,3)9-12(4,5)10-8-13-6-7-14-10/h10,13H,6-9H2,1-5H3. The molecular weight excluding hydrogens is 174 g/mol. The molecule has 0 bridgehead atoms. The topological polar surface area (TPSA) is 21.3 Å². The SMILES string of the molecule is CC(C)(C)CC(C)(C)C1CNCCO1. The third-order valence-electron chi connectivity index (χ3n) is 2.79. The predicted octanol–water partition coefficient (Wildman–Crippen LogP) is 2.44. The van der Waals surface area contributed by atoms with Gasteiger partial charge in [0.15, 0.2) is 0 Å². The summed E-state index contributed by atoms with van der Waals surface area (Å²) in [7, 11) is 0. The second-order valence-electron chi connectivity index (χ2n) is 6.29. The van der Waals surface area contributed by atoms with Crippen LogP contribution in [0.4, 0.5) is 0 Å². The highest BCUT2D eigenvalue weighted by Crippen LogP contribution is 2.37. The van der Waals surface area contributed by atoms with Crippen LogP contribution in [0.3, 0.4) is 0 Å². The average Bonchev–Trinajstić information content (AvgIpc) is 2.01. The fraction of sp³-hybridized carbons (Fsp3) is 1.00. The number of hydrogen-bond acceptors (Lipinski definition) is 2. The number of ether oxygens (including phenoxy) is 1. The van der Waals surface area contributed by atoms with Crippen LogP contribution >= 0.6 is 0 Å².